The Labute approximate surface area is 143 Å². The summed E-state index contributed by atoms with van der Waals surface area (Å²) in [6, 6.07) is 10.3. The Morgan fingerprint density at radius 3 is 2.17 bits per heavy atom. The standard InChI is InChI=1S/C19H26N2O3/c22-17(14-19(15-18(23)24)8-4-5-9-19)21-12-10-20(11-13-21)16-6-2-1-3-7-16/h1-3,6-7H,4-5,8-15H2,(H,23,24). The van der Waals surface area contributed by atoms with Crippen molar-refractivity contribution < 1.29 is 14.7 Å². The van der Waals surface area contributed by atoms with Gasteiger partial charge in [0.05, 0.1) is 6.42 Å². The third-order valence-electron chi connectivity index (χ3n) is 5.47. The van der Waals surface area contributed by atoms with Crippen molar-refractivity contribution in [3.05, 3.63) is 30.3 Å². The van der Waals surface area contributed by atoms with Crippen LogP contribution in [0, 0.1) is 5.41 Å². The fourth-order valence-electron chi connectivity index (χ4n) is 4.15. The zero-order valence-electron chi connectivity index (χ0n) is 14.1. The Morgan fingerprint density at radius 1 is 0.958 bits per heavy atom. The largest absolute Gasteiger partial charge is 0.481 e. The summed E-state index contributed by atoms with van der Waals surface area (Å²) < 4.78 is 0. The van der Waals surface area contributed by atoms with Gasteiger partial charge < -0.3 is 14.9 Å². The molecule has 1 aromatic carbocycles. The summed E-state index contributed by atoms with van der Waals surface area (Å²) in [5.41, 5.74) is 0.891. The van der Waals surface area contributed by atoms with Crippen molar-refractivity contribution in [2.45, 2.75) is 38.5 Å². The number of carbonyl (C=O) groups excluding carboxylic acids is 1. The molecule has 0 radical (unpaired) electrons. The van der Waals surface area contributed by atoms with Crippen LogP contribution in [-0.4, -0.2) is 48.1 Å². The van der Waals surface area contributed by atoms with Crippen LogP contribution in [0.4, 0.5) is 5.69 Å². The summed E-state index contributed by atoms with van der Waals surface area (Å²) in [5, 5.41) is 9.19. The molecule has 0 spiro atoms. The van der Waals surface area contributed by atoms with E-state index >= 15 is 0 Å². The Balaban J connectivity index is 1.56. The third kappa shape index (κ3) is 3.89. The van der Waals surface area contributed by atoms with E-state index < -0.39 is 5.97 Å². The molecule has 24 heavy (non-hydrogen) atoms. The Morgan fingerprint density at radius 2 is 1.58 bits per heavy atom. The third-order valence-corrected chi connectivity index (χ3v) is 5.47. The molecule has 0 unspecified atom stereocenters. The fraction of sp³-hybridized carbons (Fsp3) is 0.579. The lowest BCUT2D eigenvalue weighted by Gasteiger charge is -2.38. The number of aliphatic carboxylic acids is 1. The summed E-state index contributed by atoms with van der Waals surface area (Å²) in [6.07, 6.45) is 4.35. The molecule has 5 nitrogen and oxygen atoms in total. The summed E-state index contributed by atoms with van der Waals surface area (Å²) in [6.45, 7) is 3.11. The molecule has 2 fully saturated rings. The van der Waals surface area contributed by atoms with E-state index in [1.165, 1.54) is 5.69 Å². The number of amides is 1. The smallest absolute Gasteiger partial charge is 0.303 e. The van der Waals surface area contributed by atoms with Gasteiger partial charge in [0.15, 0.2) is 0 Å². The van der Waals surface area contributed by atoms with Crippen molar-refractivity contribution in [3.63, 3.8) is 0 Å². The minimum absolute atomic E-state index is 0.128. The van der Waals surface area contributed by atoms with Gasteiger partial charge in [-0.15, -0.1) is 0 Å². The topological polar surface area (TPSA) is 60.9 Å². The number of carboxylic acids is 1. The molecule has 1 aliphatic heterocycles. The number of nitrogens with zero attached hydrogens (tertiary/aromatic N) is 2. The van der Waals surface area contributed by atoms with Gasteiger partial charge in [0.25, 0.3) is 0 Å². The first-order valence-electron chi connectivity index (χ1n) is 8.88. The second kappa shape index (κ2) is 7.24. The zero-order chi connectivity index (χ0) is 17.0. The lowest BCUT2D eigenvalue weighted by molar-refractivity contribution is -0.141. The van der Waals surface area contributed by atoms with E-state index in [0.717, 1.165) is 51.9 Å². The van der Waals surface area contributed by atoms with Gasteiger partial charge in [-0.1, -0.05) is 31.0 Å². The van der Waals surface area contributed by atoms with Crippen LogP contribution in [0.2, 0.25) is 0 Å². The number of hydrogen-bond donors (Lipinski definition) is 1. The Hall–Kier alpha value is -2.04. The van der Waals surface area contributed by atoms with Gasteiger partial charge in [-0.25, -0.2) is 0 Å². The number of benzene rings is 1. The van der Waals surface area contributed by atoms with Crippen molar-refractivity contribution >= 4 is 17.6 Å². The number of rotatable bonds is 5. The lowest BCUT2D eigenvalue weighted by atomic mass is 9.79. The molecule has 0 atom stereocenters. The van der Waals surface area contributed by atoms with E-state index in [2.05, 4.69) is 17.0 Å². The van der Waals surface area contributed by atoms with Crippen LogP contribution in [0.3, 0.4) is 0 Å². The van der Waals surface area contributed by atoms with Crippen LogP contribution in [-0.2, 0) is 9.59 Å². The quantitative estimate of drug-likeness (QED) is 0.902. The van der Waals surface area contributed by atoms with Gasteiger partial charge in [-0.05, 0) is 30.4 Å². The SMILES string of the molecule is O=C(O)CC1(CC(=O)N2CCN(c3ccccc3)CC2)CCCC1. The van der Waals surface area contributed by atoms with Crippen LogP contribution in [0.1, 0.15) is 38.5 Å². The van der Waals surface area contributed by atoms with Gasteiger partial charge >= 0.3 is 5.97 Å². The van der Waals surface area contributed by atoms with Gasteiger partial charge in [0.1, 0.15) is 0 Å². The highest BCUT2D eigenvalue weighted by Gasteiger charge is 2.39. The van der Waals surface area contributed by atoms with Crippen LogP contribution >= 0.6 is 0 Å². The van der Waals surface area contributed by atoms with E-state index in [-0.39, 0.29) is 17.7 Å². The zero-order valence-corrected chi connectivity index (χ0v) is 14.1. The van der Waals surface area contributed by atoms with Crippen LogP contribution in [0.5, 0.6) is 0 Å². The van der Waals surface area contributed by atoms with Crippen LogP contribution in [0.25, 0.3) is 0 Å². The Kier molecular flexibility index (Phi) is 5.07. The molecule has 0 aromatic heterocycles. The summed E-state index contributed by atoms with van der Waals surface area (Å²) in [4.78, 5) is 28.1. The summed E-state index contributed by atoms with van der Waals surface area (Å²) >= 11 is 0. The van der Waals surface area contributed by atoms with E-state index in [0.29, 0.717) is 6.42 Å². The van der Waals surface area contributed by atoms with Gasteiger partial charge in [0.2, 0.25) is 5.91 Å². The minimum Gasteiger partial charge on any atom is -0.481 e. The maximum atomic E-state index is 12.7. The molecule has 130 valence electrons. The number of piperazine rings is 1. The molecule has 1 aromatic rings. The molecule has 1 amide bonds. The minimum atomic E-state index is -0.779. The Bertz CT molecular complexity index is 574. The normalized spacial score (nSPS) is 20.2. The molecule has 3 rings (SSSR count). The van der Waals surface area contributed by atoms with E-state index in [4.69, 9.17) is 0 Å². The maximum Gasteiger partial charge on any atom is 0.303 e. The average molecular weight is 330 g/mol. The van der Waals surface area contributed by atoms with Crippen LogP contribution < -0.4 is 4.90 Å². The average Bonchev–Trinajstić information content (AvgIpc) is 3.03. The molecular weight excluding hydrogens is 304 g/mol. The number of para-hydroxylation sites is 1. The molecule has 1 N–H and O–H groups in total. The van der Waals surface area contributed by atoms with Gasteiger partial charge in [-0.2, -0.15) is 0 Å². The predicted molar refractivity (Wildman–Crippen MR) is 93.0 cm³/mol. The number of hydrogen-bond acceptors (Lipinski definition) is 3. The van der Waals surface area contributed by atoms with Crippen molar-refractivity contribution in [3.8, 4) is 0 Å². The van der Waals surface area contributed by atoms with E-state index in [9.17, 15) is 14.7 Å². The molecule has 1 aliphatic carbocycles. The van der Waals surface area contributed by atoms with Gasteiger partial charge in [0, 0.05) is 38.3 Å². The first-order chi connectivity index (χ1) is 11.6. The highest BCUT2D eigenvalue weighted by Crippen LogP contribution is 2.44. The fourth-order valence-corrected chi connectivity index (χ4v) is 4.15. The number of carboxylic acid groups (broad SMARTS) is 1. The molecule has 0 bridgehead atoms. The molecule has 2 aliphatic rings. The first kappa shape index (κ1) is 16.8. The van der Waals surface area contributed by atoms with E-state index in [1.54, 1.807) is 0 Å². The summed E-state index contributed by atoms with van der Waals surface area (Å²) in [5.74, 6) is -0.649. The number of anilines is 1. The van der Waals surface area contributed by atoms with Gasteiger partial charge in [-0.3, -0.25) is 9.59 Å². The first-order valence-corrected chi connectivity index (χ1v) is 8.88. The molecule has 1 heterocycles. The highest BCUT2D eigenvalue weighted by atomic mass is 16.4. The van der Waals surface area contributed by atoms with Crippen molar-refractivity contribution in [2.75, 3.05) is 31.1 Å². The molecule has 1 saturated carbocycles. The molecular formula is C19H26N2O3. The lowest BCUT2D eigenvalue weighted by Crippen LogP contribution is -2.49. The van der Waals surface area contributed by atoms with Crippen molar-refractivity contribution in [1.82, 2.24) is 4.90 Å². The highest BCUT2D eigenvalue weighted by molar-refractivity contribution is 5.78. The maximum absolute atomic E-state index is 12.7. The van der Waals surface area contributed by atoms with Crippen molar-refractivity contribution in [2.24, 2.45) is 5.41 Å². The molecule has 5 heteroatoms. The monoisotopic (exact) mass is 330 g/mol. The van der Waals surface area contributed by atoms with E-state index in [1.807, 2.05) is 23.1 Å². The van der Waals surface area contributed by atoms with Crippen molar-refractivity contribution in [1.29, 1.82) is 0 Å². The number of carbonyl (C=O) groups is 2. The molecule has 1 saturated heterocycles. The second-order valence-corrected chi connectivity index (χ2v) is 7.16. The predicted octanol–water partition coefficient (Wildman–Crippen LogP) is 2.76. The summed E-state index contributed by atoms with van der Waals surface area (Å²) in [7, 11) is 0. The van der Waals surface area contributed by atoms with Crippen LogP contribution in [0.15, 0.2) is 30.3 Å². The second-order valence-electron chi connectivity index (χ2n) is 7.16.